The molecule has 1 amide bonds. The van der Waals surface area contributed by atoms with Gasteiger partial charge in [0.2, 0.25) is 5.91 Å². The maximum atomic E-state index is 12.2. The van der Waals surface area contributed by atoms with Crippen molar-refractivity contribution in [2.75, 3.05) is 38.2 Å². The predicted molar refractivity (Wildman–Crippen MR) is 129 cm³/mol. The number of nitriles is 1. The Morgan fingerprint density at radius 3 is 2.67 bits per heavy atom. The summed E-state index contributed by atoms with van der Waals surface area (Å²) in [7, 11) is 2.10. The summed E-state index contributed by atoms with van der Waals surface area (Å²) >= 11 is 6.32. The van der Waals surface area contributed by atoms with Crippen molar-refractivity contribution in [3.8, 4) is 12.1 Å². The number of carbonyl (C=O) groups is 1. The fourth-order valence-corrected chi connectivity index (χ4v) is 5.07. The number of hydrogen-bond donors (Lipinski definition) is 0. The number of likely N-dealkylation sites (N-methyl/N-ethyl adjacent to an activating group) is 1. The minimum absolute atomic E-state index is 0.00854. The number of aromatic nitrogens is 2. The van der Waals surface area contributed by atoms with Crippen LogP contribution < -0.4 is 9.64 Å². The van der Waals surface area contributed by atoms with Crippen LogP contribution in [-0.4, -0.2) is 77.1 Å². The third-order valence-corrected chi connectivity index (χ3v) is 6.90. The molecule has 8 nitrogen and oxygen atoms in total. The molecule has 0 unspecified atom stereocenters. The van der Waals surface area contributed by atoms with E-state index in [0.29, 0.717) is 53.7 Å². The van der Waals surface area contributed by atoms with Gasteiger partial charge in [-0.1, -0.05) is 18.2 Å². The second kappa shape index (κ2) is 9.54. The molecule has 0 bridgehead atoms. The highest BCUT2D eigenvalue weighted by Gasteiger charge is 2.33. The van der Waals surface area contributed by atoms with Crippen molar-refractivity contribution in [3.05, 3.63) is 35.4 Å². The topological polar surface area (TPSA) is 85.6 Å². The summed E-state index contributed by atoms with van der Waals surface area (Å²) in [6, 6.07) is 6.19. The van der Waals surface area contributed by atoms with E-state index in [1.165, 1.54) is 6.08 Å². The number of rotatable bonds is 5. The monoisotopic (exact) mass is 468 g/mol. The van der Waals surface area contributed by atoms with E-state index in [2.05, 4.69) is 48.3 Å². The molecule has 0 saturated carbocycles. The van der Waals surface area contributed by atoms with Gasteiger partial charge in [-0.2, -0.15) is 15.2 Å². The Morgan fingerprint density at radius 1 is 1.33 bits per heavy atom. The first kappa shape index (κ1) is 23.3. The van der Waals surface area contributed by atoms with Crippen molar-refractivity contribution >= 4 is 34.2 Å². The van der Waals surface area contributed by atoms with Crippen molar-refractivity contribution in [3.63, 3.8) is 0 Å². The lowest BCUT2D eigenvalue weighted by molar-refractivity contribution is -0.127. The normalized spacial score (nSPS) is 23.5. The first-order valence-corrected chi connectivity index (χ1v) is 11.6. The Labute approximate surface area is 199 Å². The number of amides is 1. The largest absolute Gasteiger partial charge is 0.462 e. The zero-order valence-corrected chi connectivity index (χ0v) is 20.0. The molecule has 2 aliphatic rings. The van der Waals surface area contributed by atoms with E-state index in [4.69, 9.17) is 21.3 Å². The van der Waals surface area contributed by atoms with Crippen molar-refractivity contribution in [2.24, 2.45) is 0 Å². The van der Waals surface area contributed by atoms with Crippen molar-refractivity contribution in [1.82, 2.24) is 19.8 Å². The third-order valence-electron chi connectivity index (χ3n) is 6.59. The Morgan fingerprint density at radius 2 is 2.06 bits per heavy atom. The number of likely N-dealkylation sites (tertiary alicyclic amines) is 1. The zero-order chi connectivity index (χ0) is 23.7. The van der Waals surface area contributed by atoms with Gasteiger partial charge in [0, 0.05) is 36.6 Å². The van der Waals surface area contributed by atoms with Crippen LogP contribution in [0.2, 0.25) is 5.02 Å². The summed E-state index contributed by atoms with van der Waals surface area (Å²) in [6.07, 6.45) is 3.59. The molecule has 0 aliphatic carbocycles. The predicted octanol–water partition coefficient (Wildman–Crippen LogP) is 3.24. The quantitative estimate of drug-likeness (QED) is 0.622. The summed E-state index contributed by atoms with van der Waals surface area (Å²) in [6.45, 7) is 10.4. The number of piperazine rings is 1. The molecular weight excluding hydrogens is 440 g/mol. The SMILES string of the molecule is C=CC(=O)N1C[C@@H](C)N(c2nc(OC[C@@H]3CCCN3C)nc3cc(Cl)c(C#N)cc23)[C@@H](C)C1. The van der Waals surface area contributed by atoms with Crippen LogP contribution in [0.1, 0.15) is 32.3 Å². The lowest BCUT2D eigenvalue weighted by atomic mass is 10.1. The molecule has 3 atom stereocenters. The molecule has 9 heteroatoms. The van der Waals surface area contributed by atoms with E-state index in [1.807, 2.05) is 0 Å². The summed E-state index contributed by atoms with van der Waals surface area (Å²) < 4.78 is 6.07. The zero-order valence-electron chi connectivity index (χ0n) is 19.3. The van der Waals surface area contributed by atoms with Gasteiger partial charge in [-0.05, 0) is 58.5 Å². The minimum atomic E-state index is -0.0795. The van der Waals surface area contributed by atoms with Gasteiger partial charge >= 0.3 is 6.01 Å². The van der Waals surface area contributed by atoms with E-state index in [0.717, 1.165) is 24.8 Å². The minimum Gasteiger partial charge on any atom is -0.462 e. The number of carbonyl (C=O) groups excluding carboxylic acids is 1. The molecule has 174 valence electrons. The van der Waals surface area contributed by atoms with Gasteiger partial charge in [0.1, 0.15) is 18.5 Å². The lowest BCUT2D eigenvalue weighted by Gasteiger charge is -2.45. The Hall–Kier alpha value is -2.89. The highest BCUT2D eigenvalue weighted by atomic mass is 35.5. The number of fused-ring (bicyclic) bond motifs is 1. The molecule has 4 rings (SSSR count). The Bertz CT molecular complexity index is 1100. The van der Waals surface area contributed by atoms with Gasteiger partial charge in [0.15, 0.2) is 0 Å². The summed E-state index contributed by atoms with van der Waals surface area (Å²) in [5, 5.41) is 10.6. The molecule has 2 aromatic rings. The molecular formula is C24H29ClN6O2. The van der Waals surface area contributed by atoms with E-state index in [-0.39, 0.29) is 18.0 Å². The van der Waals surface area contributed by atoms with Crippen LogP contribution in [0.5, 0.6) is 6.01 Å². The van der Waals surface area contributed by atoms with Gasteiger partial charge in [-0.3, -0.25) is 4.79 Å². The number of anilines is 1. The number of benzene rings is 1. The number of ether oxygens (including phenoxy) is 1. The maximum Gasteiger partial charge on any atom is 0.319 e. The second-order valence-electron chi connectivity index (χ2n) is 8.93. The first-order chi connectivity index (χ1) is 15.8. The van der Waals surface area contributed by atoms with E-state index in [9.17, 15) is 10.1 Å². The first-order valence-electron chi connectivity index (χ1n) is 11.3. The van der Waals surface area contributed by atoms with Crippen LogP contribution in [-0.2, 0) is 4.79 Å². The molecule has 2 fully saturated rings. The molecule has 1 aromatic carbocycles. The van der Waals surface area contributed by atoms with Crippen LogP contribution in [0.4, 0.5) is 5.82 Å². The van der Waals surface area contributed by atoms with Crippen LogP contribution in [0.15, 0.2) is 24.8 Å². The molecule has 1 aromatic heterocycles. The van der Waals surface area contributed by atoms with Crippen molar-refractivity contribution in [2.45, 2.75) is 44.8 Å². The van der Waals surface area contributed by atoms with Gasteiger partial charge in [0.25, 0.3) is 0 Å². The summed E-state index contributed by atoms with van der Waals surface area (Å²) in [5.41, 5.74) is 0.999. The highest BCUT2D eigenvalue weighted by Crippen LogP contribution is 2.34. The molecule has 3 heterocycles. The van der Waals surface area contributed by atoms with E-state index in [1.54, 1.807) is 17.0 Å². The molecule has 2 aliphatic heterocycles. The average Bonchev–Trinajstić information content (AvgIpc) is 3.20. The lowest BCUT2D eigenvalue weighted by Crippen LogP contribution is -2.58. The Balaban J connectivity index is 1.73. The van der Waals surface area contributed by atoms with Gasteiger partial charge < -0.3 is 19.4 Å². The number of nitrogens with zero attached hydrogens (tertiary/aromatic N) is 6. The highest BCUT2D eigenvalue weighted by molar-refractivity contribution is 6.32. The van der Waals surface area contributed by atoms with Crippen LogP contribution >= 0.6 is 11.6 Å². The fraction of sp³-hybridized carbons (Fsp3) is 0.500. The molecule has 33 heavy (non-hydrogen) atoms. The maximum absolute atomic E-state index is 12.2. The van der Waals surface area contributed by atoms with Crippen LogP contribution in [0.25, 0.3) is 10.9 Å². The fourth-order valence-electron chi connectivity index (χ4n) is 4.87. The molecule has 2 saturated heterocycles. The molecule has 0 N–H and O–H groups in total. The van der Waals surface area contributed by atoms with Crippen LogP contribution in [0, 0.1) is 11.3 Å². The summed E-state index contributed by atoms with van der Waals surface area (Å²) in [4.78, 5) is 27.9. The second-order valence-corrected chi connectivity index (χ2v) is 9.34. The summed E-state index contributed by atoms with van der Waals surface area (Å²) in [5.74, 6) is 0.609. The van der Waals surface area contributed by atoms with Crippen molar-refractivity contribution < 1.29 is 9.53 Å². The average molecular weight is 469 g/mol. The van der Waals surface area contributed by atoms with Crippen LogP contribution in [0.3, 0.4) is 0 Å². The van der Waals surface area contributed by atoms with E-state index < -0.39 is 0 Å². The Kier molecular flexibility index (Phi) is 6.73. The van der Waals surface area contributed by atoms with Gasteiger partial charge in [-0.15, -0.1) is 0 Å². The van der Waals surface area contributed by atoms with Gasteiger partial charge in [-0.25, -0.2) is 0 Å². The standard InChI is InChI=1S/C24H29ClN6O2/c1-5-22(32)30-12-15(2)31(16(3)13-30)23-19-9-17(11-26)20(25)10-21(19)27-24(28-23)33-14-18-7-6-8-29(18)4/h5,9-10,15-16,18H,1,6-8,12-14H2,2-4H3/t15-,16+,18-/m0/s1. The molecule has 0 spiro atoms. The van der Waals surface area contributed by atoms with E-state index >= 15 is 0 Å². The smallest absolute Gasteiger partial charge is 0.319 e. The number of halogens is 1. The third kappa shape index (κ3) is 4.61. The molecule has 0 radical (unpaired) electrons. The van der Waals surface area contributed by atoms with Gasteiger partial charge in [0.05, 0.1) is 16.1 Å². The van der Waals surface area contributed by atoms with Crippen molar-refractivity contribution in [1.29, 1.82) is 5.26 Å². The number of hydrogen-bond acceptors (Lipinski definition) is 7.